The van der Waals surface area contributed by atoms with E-state index in [-0.39, 0.29) is 11.9 Å². The second kappa shape index (κ2) is 6.73. The molecule has 0 unspecified atom stereocenters. The smallest absolute Gasteiger partial charge is 0.310 e. The Balaban J connectivity index is 1.92. The molecule has 23 heavy (non-hydrogen) atoms. The molecule has 1 aliphatic heterocycles. The van der Waals surface area contributed by atoms with Crippen molar-refractivity contribution in [1.82, 2.24) is 9.97 Å². The minimum Gasteiger partial charge on any atom is -0.466 e. The van der Waals surface area contributed by atoms with Crippen molar-refractivity contribution in [3.05, 3.63) is 30.1 Å². The summed E-state index contributed by atoms with van der Waals surface area (Å²) in [5.41, 5.74) is 1.38. The van der Waals surface area contributed by atoms with Gasteiger partial charge >= 0.3 is 5.97 Å². The predicted molar refractivity (Wildman–Crippen MR) is 86.5 cm³/mol. The maximum atomic E-state index is 12.0. The second-order valence-electron chi connectivity index (χ2n) is 5.63. The van der Waals surface area contributed by atoms with Crippen molar-refractivity contribution in [3.8, 4) is 0 Å². The number of anilines is 1. The van der Waals surface area contributed by atoms with Crippen LogP contribution in [0.15, 0.2) is 24.5 Å². The number of nitrogens with zero attached hydrogens (tertiary/aromatic N) is 3. The van der Waals surface area contributed by atoms with Gasteiger partial charge in [0.1, 0.15) is 18.4 Å². The van der Waals surface area contributed by atoms with E-state index in [1.54, 1.807) is 12.1 Å². The fraction of sp³-hybridized carbons (Fsp3) is 0.412. The predicted octanol–water partition coefficient (Wildman–Crippen LogP) is 2.22. The fourth-order valence-electron chi connectivity index (χ4n) is 3.01. The first kappa shape index (κ1) is 15.4. The van der Waals surface area contributed by atoms with E-state index >= 15 is 0 Å². The van der Waals surface area contributed by atoms with E-state index in [1.165, 1.54) is 6.33 Å². The van der Waals surface area contributed by atoms with Gasteiger partial charge in [0.2, 0.25) is 0 Å². The Labute approximate surface area is 134 Å². The van der Waals surface area contributed by atoms with Crippen molar-refractivity contribution in [3.63, 3.8) is 0 Å². The second-order valence-corrected chi connectivity index (χ2v) is 5.63. The molecular weight excluding hydrogens is 294 g/mol. The zero-order chi connectivity index (χ0) is 16.2. The van der Waals surface area contributed by atoms with E-state index in [0.717, 1.165) is 42.4 Å². The number of ether oxygens (including phenoxy) is 1. The van der Waals surface area contributed by atoms with Crippen LogP contribution >= 0.6 is 0 Å². The fourth-order valence-corrected chi connectivity index (χ4v) is 3.01. The van der Waals surface area contributed by atoms with Crippen LogP contribution < -0.4 is 4.90 Å². The lowest BCUT2D eigenvalue weighted by molar-refractivity contribution is -0.148. The molecule has 2 aromatic rings. The maximum Gasteiger partial charge on any atom is 0.310 e. The zero-order valence-electron chi connectivity index (χ0n) is 13.1. The van der Waals surface area contributed by atoms with Crippen LogP contribution in [0.4, 0.5) is 5.82 Å². The Kier molecular flexibility index (Phi) is 4.50. The number of carbonyl (C=O) groups excluding carboxylic acids is 2. The Morgan fingerprint density at radius 1 is 1.43 bits per heavy atom. The molecule has 3 rings (SSSR count). The van der Waals surface area contributed by atoms with Gasteiger partial charge < -0.3 is 9.64 Å². The summed E-state index contributed by atoms with van der Waals surface area (Å²) in [7, 11) is 0. The molecule has 0 bridgehead atoms. The highest BCUT2D eigenvalue weighted by molar-refractivity contribution is 5.93. The highest BCUT2D eigenvalue weighted by Gasteiger charge is 2.28. The van der Waals surface area contributed by atoms with Crippen molar-refractivity contribution in [1.29, 1.82) is 0 Å². The van der Waals surface area contributed by atoms with Gasteiger partial charge in [-0.3, -0.25) is 9.59 Å². The summed E-state index contributed by atoms with van der Waals surface area (Å²) < 4.78 is 5.14. The Bertz CT molecular complexity index is 732. The van der Waals surface area contributed by atoms with Crippen molar-refractivity contribution < 1.29 is 14.3 Å². The number of esters is 1. The van der Waals surface area contributed by atoms with Crippen LogP contribution in [-0.4, -0.2) is 41.9 Å². The summed E-state index contributed by atoms with van der Waals surface area (Å²) in [6, 6.07) is 5.35. The summed E-state index contributed by atoms with van der Waals surface area (Å²) in [5, 5.41) is 0.835. The van der Waals surface area contributed by atoms with E-state index in [9.17, 15) is 9.59 Å². The maximum absolute atomic E-state index is 12.0. The lowest BCUT2D eigenvalue weighted by atomic mass is 9.98. The van der Waals surface area contributed by atoms with E-state index in [0.29, 0.717) is 18.7 Å². The molecule has 6 heteroatoms. The minimum atomic E-state index is -0.149. The Morgan fingerprint density at radius 3 is 3.09 bits per heavy atom. The van der Waals surface area contributed by atoms with E-state index in [4.69, 9.17) is 4.74 Å². The highest BCUT2D eigenvalue weighted by Crippen LogP contribution is 2.28. The van der Waals surface area contributed by atoms with Gasteiger partial charge in [0.05, 0.1) is 18.0 Å². The van der Waals surface area contributed by atoms with Crippen molar-refractivity contribution in [2.75, 3.05) is 24.6 Å². The van der Waals surface area contributed by atoms with Gasteiger partial charge in [0.15, 0.2) is 0 Å². The minimum absolute atomic E-state index is 0.136. The standard InChI is InChI=1S/C17H19N3O3/c1-2-23-17(22)13-4-3-7-20(9-13)16-14-8-12(10-21)5-6-15(14)18-11-19-16/h5-6,8,10-11,13H,2-4,7,9H2,1H3/t13-/m1/s1. The average Bonchev–Trinajstić information content (AvgIpc) is 2.61. The number of fused-ring (bicyclic) bond motifs is 1. The molecule has 1 saturated heterocycles. The van der Waals surface area contributed by atoms with Gasteiger partial charge in [0.25, 0.3) is 0 Å². The SMILES string of the molecule is CCOC(=O)[C@@H]1CCCN(c2ncnc3ccc(C=O)cc23)C1. The summed E-state index contributed by atoms with van der Waals surface area (Å²) in [4.78, 5) is 33.8. The molecule has 1 aliphatic rings. The summed E-state index contributed by atoms with van der Waals surface area (Å²) >= 11 is 0. The van der Waals surface area contributed by atoms with Gasteiger partial charge in [-0.05, 0) is 38.0 Å². The molecule has 120 valence electrons. The van der Waals surface area contributed by atoms with Crippen LogP contribution in [0, 0.1) is 5.92 Å². The third-order valence-electron chi connectivity index (χ3n) is 4.12. The first-order valence-corrected chi connectivity index (χ1v) is 7.84. The summed E-state index contributed by atoms with van der Waals surface area (Å²) in [6.45, 7) is 3.62. The molecule has 1 atom stereocenters. The summed E-state index contributed by atoms with van der Waals surface area (Å²) in [5.74, 6) is 0.486. The molecule has 0 amide bonds. The topological polar surface area (TPSA) is 72.4 Å². The summed E-state index contributed by atoms with van der Waals surface area (Å²) in [6.07, 6.45) is 4.07. The Hall–Kier alpha value is -2.50. The molecule has 2 heterocycles. The number of hydrogen-bond acceptors (Lipinski definition) is 6. The molecule has 1 fully saturated rings. The number of aldehydes is 1. The number of hydrogen-bond donors (Lipinski definition) is 0. The van der Waals surface area contributed by atoms with Gasteiger partial charge in [0, 0.05) is 24.0 Å². The molecule has 6 nitrogen and oxygen atoms in total. The number of rotatable bonds is 4. The molecule has 0 saturated carbocycles. The van der Waals surface area contributed by atoms with Crippen LogP contribution in [0.1, 0.15) is 30.1 Å². The molecule has 0 aliphatic carbocycles. The van der Waals surface area contributed by atoms with Gasteiger partial charge in [-0.25, -0.2) is 9.97 Å². The molecule has 0 N–H and O–H groups in total. The quantitative estimate of drug-likeness (QED) is 0.636. The first-order chi connectivity index (χ1) is 11.2. The monoisotopic (exact) mass is 313 g/mol. The lowest BCUT2D eigenvalue weighted by Gasteiger charge is -2.32. The van der Waals surface area contributed by atoms with Crippen molar-refractivity contribution in [2.45, 2.75) is 19.8 Å². The molecule has 0 spiro atoms. The van der Waals surface area contributed by atoms with E-state index in [1.807, 2.05) is 13.0 Å². The van der Waals surface area contributed by atoms with Gasteiger partial charge in [-0.15, -0.1) is 0 Å². The van der Waals surface area contributed by atoms with Crippen LogP contribution in [0.25, 0.3) is 10.9 Å². The number of aromatic nitrogens is 2. The third-order valence-corrected chi connectivity index (χ3v) is 4.12. The molecule has 1 aromatic carbocycles. The van der Waals surface area contributed by atoms with Crippen LogP contribution in [0.3, 0.4) is 0 Å². The number of piperidine rings is 1. The largest absolute Gasteiger partial charge is 0.466 e. The normalized spacial score (nSPS) is 18.0. The van der Waals surface area contributed by atoms with Gasteiger partial charge in [-0.2, -0.15) is 0 Å². The Morgan fingerprint density at radius 2 is 2.30 bits per heavy atom. The van der Waals surface area contributed by atoms with Crippen LogP contribution in [0.5, 0.6) is 0 Å². The molecule has 0 radical (unpaired) electrons. The van der Waals surface area contributed by atoms with E-state index in [2.05, 4.69) is 14.9 Å². The van der Waals surface area contributed by atoms with Crippen molar-refractivity contribution >= 4 is 29.0 Å². The lowest BCUT2D eigenvalue weighted by Crippen LogP contribution is -2.40. The molecular formula is C17H19N3O3. The number of benzene rings is 1. The van der Waals surface area contributed by atoms with E-state index < -0.39 is 0 Å². The van der Waals surface area contributed by atoms with Crippen LogP contribution in [-0.2, 0) is 9.53 Å². The zero-order valence-corrected chi connectivity index (χ0v) is 13.1. The third kappa shape index (κ3) is 3.16. The molecule has 1 aromatic heterocycles. The number of carbonyl (C=O) groups is 2. The van der Waals surface area contributed by atoms with Crippen molar-refractivity contribution in [2.24, 2.45) is 5.92 Å². The average molecular weight is 313 g/mol. The van der Waals surface area contributed by atoms with Crippen LogP contribution in [0.2, 0.25) is 0 Å². The first-order valence-electron chi connectivity index (χ1n) is 7.84. The van der Waals surface area contributed by atoms with Gasteiger partial charge in [-0.1, -0.05) is 0 Å². The highest BCUT2D eigenvalue weighted by atomic mass is 16.5.